The summed E-state index contributed by atoms with van der Waals surface area (Å²) in [4.78, 5) is 9.82. The molecule has 3 nitrogen and oxygen atoms in total. The van der Waals surface area contributed by atoms with Crippen LogP contribution in [0.25, 0.3) is 0 Å². The zero-order valence-corrected chi connectivity index (χ0v) is 6.68. The average molecular weight is 144 g/mol. The Balaban J connectivity index is 2.83. The molecule has 3 heteroatoms. The highest BCUT2D eigenvalue weighted by molar-refractivity contribution is 5.51. The average Bonchev–Trinajstić information content (AvgIpc) is 1.87. The third-order valence-electron chi connectivity index (χ3n) is 1.08. The predicted octanol–water partition coefficient (Wildman–Crippen LogP) is -0.227. The summed E-state index contributed by atoms with van der Waals surface area (Å²) in [5, 5.41) is 6.19. The smallest absolute Gasteiger partial charge is 0.133 e. The van der Waals surface area contributed by atoms with E-state index < -0.39 is 0 Å². The minimum Gasteiger partial charge on any atom is -0.313 e. The van der Waals surface area contributed by atoms with Gasteiger partial charge in [-0.25, -0.2) is 0 Å². The van der Waals surface area contributed by atoms with E-state index in [9.17, 15) is 4.79 Å². The van der Waals surface area contributed by atoms with Crippen LogP contribution in [0.15, 0.2) is 0 Å². The van der Waals surface area contributed by atoms with Crippen LogP contribution < -0.4 is 10.6 Å². The molecule has 0 unspecified atom stereocenters. The normalized spacial score (nSPS) is 10.3. The van der Waals surface area contributed by atoms with E-state index in [2.05, 4.69) is 24.5 Å². The first kappa shape index (κ1) is 9.59. The Bertz CT molecular complexity index is 83.7. The van der Waals surface area contributed by atoms with Gasteiger partial charge in [-0.1, -0.05) is 13.8 Å². The summed E-state index contributed by atoms with van der Waals surface area (Å²) < 4.78 is 0. The summed E-state index contributed by atoms with van der Waals surface area (Å²) >= 11 is 0. The summed E-state index contributed by atoms with van der Waals surface area (Å²) in [6, 6.07) is 0.526. The summed E-state index contributed by atoms with van der Waals surface area (Å²) in [6.07, 6.45) is 0.870. The number of hydrogen-bond acceptors (Lipinski definition) is 3. The van der Waals surface area contributed by atoms with Gasteiger partial charge in [0.1, 0.15) is 6.29 Å². The van der Waals surface area contributed by atoms with Crippen LogP contribution in [0.1, 0.15) is 13.8 Å². The van der Waals surface area contributed by atoms with Gasteiger partial charge in [-0.2, -0.15) is 0 Å². The van der Waals surface area contributed by atoms with Crippen LogP contribution in [0.4, 0.5) is 0 Å². The van der Waals surface area contributed by atoms with E-state index in [1.165, 1.54) is 0 Å². The first-order chi connectivity index (χ1) is 4.77. The Hall–Kier alpha value is -0.410. The topological polar surface area (TPSA) is 41.1 Å². The number of hydrogen-bond donors (Lipinski definition) is 2. The molecule has 60 valence electrons. The number of carbonyl (C=O) groups excluding carboxylic acids is 1. The van der Waals surface area contributed by atoms with Gasteiger partial charge in [-0.3, -0.25) is 0 Å². The quantitative estimate of drug-likeness (QED) is 0.400. The van der Waals surface area contributed by atoms with Crippen LogP contribution in [0, 0.1) is 0 Å². The number of carbonyl (C=O) groups is 1. The fraction of sp³-hybridized carbons (Fsp3) is 0.857. The van der Waals surface area contributed by atoms with Crippen LogP contribution in [0.3, 0.4) is 0 Å². The summed E-state index contributed by atoms with van der Waals surface area (Å²) in [7, 11) is 0. The molecule has 0 heterocycles. The van der Waals surface area contributed by atoms with E-state index >= 15 is 0 Å². The van der Waals surface area contributed by atoms with Gasteiger partial charge in [0.2, 0.25) is 0 Å². The van der Waals surface area contributed by atoms with E-state index in [1.54, 1.807) is 0 Å². The van der Waals surface area contributed by atoms with Gasteiger partial charge in [0.25, 0.3) is 0 Å². The fourth-order valence-electron chi connectivity index (χ4n) is 0.610. The molecule has 0 aromatic rings. The third kappa shape index (κ3) is 7.59. The molecule has 0 aromatic carbocycles. The molecule has 0 saturated carbocycles. The van der Waals surface area contributed by atoms with Crippen molar-refractivity contribution in [1.82, 2.24) is 10.6 Å². The molecule has 0 aliphatic rings. The van der Waals surface area contributed by atoms with Gasteiger partial charge in [0, 0.05) is 19.1 Å². The maximum Gasteiger partial charge on any atom is 0.133 e. The molecule has 10 heavy (non-hydrogen) atoms. The molecule has 2 N–H and O–H groups in total. The predicted molar refractivity (Wildman–Crippen MR) is 42.1 cm³/mol. The van der Waals surface area contributed by atoms with Gasteiger partial charge in [0.15, 0.2) is 0 Å². The lowest BCUT2D eigenvalue weighted by atomic mass is 10.4. The van der Waals surface area contributed by atoms with Crippen molar-refractivity contribution in [3.05, 3.63) is 0 Å². The number of nitrogens with one attached hydrogen (secondary N) is 2. The summed E-state index contributed by atoms with van der Waals surface area (Å²) in [6.45, 7) is 6.43. The Kier molecular flexibility index (Phi) is 6.43. The van der Waals surface area contributed by atoms with E-state index in [0.717, 1.165) is 19.4 Å². The van der Waals surface area contributed by atoms with Gasteiger partial charge < -0.3 is 15.4 Å². The second-order valence-electron chi connectivity index (χ2n) is 2.48. The van der Waals surface area contributed by atoms with Crippen LogP contribution in [0.5, 0.6) is 0 Å². The molecule has 0 fully saturated rings. The molecule has 0 aromatic heterocycles. The molecule has 0 amide bonds. The lowest BCUT2D eigenvalue weighted by molar-refractivity contribution is -0.107. The minimum absolute atomic E-state index is 0.458. The lowest BCUT2D eigenvalue weighted by Crippen LogP contribution is -2.32. The lowest BCUT2D eigenvalue weighted by Gasteiger charge is -2.06. The van der Waals surface area contributed by atoms with Crippen molar-refractivity contribution in [2.45, 2.75) is 19.9 Å². The molecule has 0 radical (unpaired) electrons. The maximum atomic E-state index is 9.82. The molecule has 0 rings (SSSR count). The molecule has 0 spiro atoms. The minimum atomic E-state index is 0.458. The zero-order chi connectivity index (χ0) is 7.82. The molecule has 0 atom stereocenters. The van der Waals surface area contributed by atoms with Crippen molar-refractivity contribution in [1.29, 1.82) is 0 Å². The Labute approximate surface area is 62.2 Å². The molecular formula is C7H16N2O. The molecular weight excluding hydrogens is 128 g/mol. The van der Waals surface area contributed by atoms with Crippen LogP contribution in [-0.4, -0.2) is 32.0 Å². The second-order valence-corrected chi connectivity index (χ2v) is 2.48. The Morgan fingerprint density at radius 1 is 1.40 bits per heavy atom. The van der Waals surface area contributed by atoms with E-state index in [-0.39, 0.29) is 0 Å². The van der Waals surface area contributed by atoms with Crippen LogP contribution in [0.2, 0.25) is 0 Å². The number of aldehydes is 1. The maximum absolute atomic E-state index is 9.82. The molecule has 0 aliphatic carbocycles. The third-order valence-corrected chi connectivity index (χ3v) is 1.08. The summed E-state index contributed by atoms with van der Waals surface area (Å²) in [5.74, 6) is 0. The fourth-order valence-corrected chi connectivity index (χ4v) is 0.610. The standard InChI is InChI=1S/C7H16N2O/c1-7(2)9-4-3-8-5-6-10/h6-9H,3-5H2,1-2H3. The molecule has 0 bridgehead atoms. The van der Waals surface area contributed by atoms with Crippen molar-refractivity contribution in [2.24, 2.45) is 0 Å². The molecule has 0 saturated heterocycles. The van der Waals surface area contributed by atoms with Crippen molar-refractivity contribution < 1.29 is 4.79 Å². The Morgan fingerprint density at radius 2 is 2.10 bits per heavy atom. The first-order valence-electron chi connectivity index (χ1n) is 3.65. The van der Waals surface area contributed by atoms with Gasteiger partial charge in [0.05, 0.1) is 6.54 Å². The van der Waals surface area contributed by atoms with Gasteiger partial charge in [-0.05, 0) is 0 Å². The van der Waals surface area contributed by atoms with Crippen LogP contribution >= 0.6 is 0 Å². The van der Waals surface area contributed by atoms with E-state index in [1.807, 2.05) is 0 Å². The van der Waals surface area contributed by atoms with Crippen molar-refractivity contribution in [2.75, 3.05) is 19.6 Å². The van der Waals surface area contributed by atoms with Crippen molar-refractivity contribution >= 4 is 6.29 Å². The largest absolute Gasteiger partial charge is 0.313 e. The van der Waals surface area contributed by atoms with Gasteiger partial charge in [-0.15, -0.1) is 0 Å². The van der Waals surface area contributed by atoms with E-state index in [4.69, 9.17) is 0 Å². The number of rotatable bonds is 6. The summed E-state index contributed by atoms with van der Waals surface area (Å²) in [5.41, 5.74) is 0. The van der Waals surface area contributed by atoms with Crippen molar-refractivity contribution in [3.63, 3.8) is 0 Å². The van der Waals surface area contributed by atoms with Crippen molar-refractivity contribution in [3.8, 4) is 0 Å². The highest BCUT2D eigenvalue weighted by Crippen LogP contribution is 1.72. The monoisotopic (exact) mass is 144 g/mol. The SMILES string of the molecule is CC(C)NCCNCC=O. The Morgan fingerprint density at radius 3 is 2.60 bits per heavy atom. The molecule has 0 aliphatic heterocycles. The highest BCUT2D eigenvalue weighted by Gasteiger charge is 1.89. The highest BCUT2D eigenvalue weighted by atomic mass is 16.1. The second kappa shape index (κ2) is 6.71. The zero-order valence-electron chi connectivity index (χ0n) is 6.68. The first-order valence-corrected chi connectivity index (χ1v) is 3.65. The van der Waals surface area contributed by atoms with E-state index in [0.29, 0.717) is 12.6 Å². The van der Waals surface area contributed by atoms with Crippen LogP contribution in [-0.2, 0) is 4.79 Å². The van der Waals surface area contributed by atoms with Gasteiger partial charge >= 0.3 is 0 Å².